The van der Waals surface area contributed by atoms with E-state index in [4.69, 9.17) is 4.63 Å². The summed E-state index contributed by atoms with van der Waals surface area (Å²) in [5, 5.41) is 10.5. The largest absolute Gasteiger partial charge is 0.416 e. The molecule has 1 atom stereocenters. The summed E-state index contributed by atoms with van der Waals surface area (Å²) in [6.07, 6.45) is -2.51. The fourth-order valence-corrected chi connectivity index (χ4v) is 3.82. The van der Waals surface area contributed by atoms with E-state index in [-0.39, 0.29) is 11.5 Å². The summed E-state index contributed by atoms with van der Waals surface area (Å²) >= 11 is 0. The van der Waals surface area contributed by atoms with Gasteiger partial charge in [-0.3, -0.25) is 9.69 Å². The molecule has 0 spiro atoms. The number of rotatable bonds is 5. The van der Waals surface area contributed by atoms with Crippen molar-refractivity contribution in [3.63, 3.8) is 0 Å². The van der Waals surface area contributed by atoms with Crippen LogP contribution in [0.1, 0.15) is 34.3 Å². The van der Waals surface area contributed by atoms with Crippen molar-refractivity contribution in [2.24, 2.45) is 5.92 Å². The van der Waals surface area contributed by atoms with E-state index in [1.54, 1.807) is 0 Å². The first-order chi connectivity index (χ1) is 14.4. The van der Waals surface area contributed by atoms with Crippen LogP contribution in [0.25, 0.3) is 11.0 Å². The maximum absolute atomic E-state index is 12.8. The number of nitrogens with zero attached hydrogens (tertiary/aromatic N) is 3. The predicted octanol–water partition coefficient (Wildman–Crippen LogP) is 3.88. The van der Waals surface area contributed by atoms with Gasteiger partial charge in [0, 0.05) is 25.2 Å². The second kappa shape index (κ2) is 8.43. The molecule has 0 radical (unpaired) electrons. The Kier molecular flexibility index (Phi) is 5.72. The van der Waals surface area contributed by atoms with E-state index in [0.29, 0.717) is 12.1 Å². The SMILES string of the molecule is O=C(NC[C@@H]1CCCN(Cc2ccc3nonc3c2)C1)c1cccc(C(F)(F)F)c1. The summed E-state index contributed by atoms with van der Waals surface area (Å²) in [6, 6.07) is 10.3. The highest BCUT2D eigenvalue weighted by Gasteiger charge is 2.31. The molecule has 3 aromatic rings. The Morgan fingerprint density at radius 3 is 2.83 bits per heavy atom. The minimum atomic E-state index is -4.47. The van der Waals surface area contributed by atoms with Crippen LogP contribution in [0.2, 0.25) is 0 Å². The number of hydrogen-bond donors (Lipinski definition) is 1. The predicted molar refractivity (Wildman–Crippen MR) is 104 cm³/mol. The Morgan fingerprint density at radius 2 is 2.00 bits per heavy atom. The minimum Gasteiger partial charge on any atom is -0.352 e. The normalized spacial score (nSPS) is 17.9. The molecule has 1 amide bonds. The quantitative estimate of drug-likeness (QED) is 0.681. The first-order valence-corrected chi connectivity index (χ1v) is 9.77. The number of aromatic nitrogens is 2. The lowest BCUT2D eigenvalue weighted by Gasteiger charge is -2.32. The lowest BCUT2D eigenvalue weighted by molar-refractivity contribution is -0.137. The number of benzene rings is 2. The average Bonchev–Trinajstić information content (AvgIpc) is 3.20. The highest BCUT2D eigenvalue weighted by Crippen LogP contribution is 2.29. The molecule has 2 heterocycles. The maximum Gasteiger partial charge on any atom is 0.416 e. The maximum atomic E-state index is 12.8. The number of hydrogen-bond acceptors (Lipinski definition) is 5. The van der Waals surface area contributed by atoms with Crippen molar-refractivity contribution < 1.29 is 22.6 Å². The van der Waals surface area contributed by atoms with Gasteiger partial charge in [-0.25, -0.2) is 4.63 Å². The molecule has 6 nitrogen and oxygen atoms in total. The van der Waals surface area contributed by atoms with Gasteiger partial charge in [-0.15, -0.1) is 0 Å². The molecule has 1 aromatic heterocycles. The zero-order chi connectivity index (χ0) is 21.1. The molecule has 0 bridgehead atoms. The van der Waals surface area contributed by atoms with E-state index in [0.717, 1.165) is 55.7 Å². The molecule has 30 heavy (non-hydrogen) atoms. The number of likely N-dealkylation sites (tertiary alicyclic amines) is 1. The average molecular weight is 418 g/mol. The highest BCUT2D eigenvalue weighted by atomic mass is 19.4. The summed E-state index contributed by atoms with van der Waals surface area (Å²) in [4.78, 5) is 14.6. The Hall–Kier alpha value is -2.94. The van der Waals surface area contributed by atoms with E-state index in [9.17, 15) is 18.0 Å². The summed E-state index contributed by atoms with van der Waals surface area (Å²) < 4.78 is 43.3. The summed E-state index contributed by atoms with van der Waals surface area (Å²) in [7, 11) is 0. The van der Waals surface area contributed by atoms with Gasteiger partial charge in [0.15, 0.2) is 0 Å². The van der Waals surface area contributed by atoms with Crippen molar-refractivity contribution >= 4 is 16.9 Å². The van der Waals surface area contributed by atoms with Crippen LogP contribution in [0.15, 0.2) is 47.1 Å². The number of carbonyl (C=O) groups excluding carboxylic acids is 1. The highest BCUT2D eigenvalue weighted by molar-refractivity contribution is 5.94. The third kappa shape index (κ3) is 4.79. The van der Waals surface area contributed by atoms with Crippen molar-refractivity contribution in [3.8, 4) is 0 Å². The molecule has 9 heteroatoms. The van der Waals surface area contributed by atoms with Gasteiger partial charge in [-0.05, 0) is 71.5 Å². The van der Waals surface area contributed by atoms with E-state index < -0.39 is 17.6 Å². The molecule has 2 aromatic carbocycles. The van der Waals surface area contributed by atoms with Gasteiger partial charge in [-0.1, -0.05) is 12.1 Å². The fraction of sp³-hybridized carbons (Fsp3) is 0.381. The number of carbonyl (C=O) groups is 1. The van der Waals surface area contributed by atoms with Crippen molar-refractivity contribution in [1.29, 1.82) is 0 Å². The number of alkyl halides is 3. The molecule has 1 saturated heterocycles. The number of piperidine rings is 1. The molecular weight excluding hydrogens is 397 g/mol. The van der Waals surface area contributed by atoms with Gasteiger partial charge in [0.2, 0.25) is 0 Å². The molecule has 0 saturated carbocycles. The van der Waals surface area contributed by atoms with Crippen LogP contribution < -0.4 is 5.32 Å². The Morgan fingerprint density at radius 1 is 1.17 bits per heavy atom. The summed E-state index contributed by atoms with van der Waals surface area (Å²) in [5.74, 6) is -0.242. The van der Waals surface area contributed by atoms with Crippen LogP contribution in [0.3, 0.4) is 0 Å². The van der Waals surface area contributed by atoms with Gasteiger partial charge < -0.3 is 5.32 Å². The Balaban J connectivity index is 1.32. The van der Waals surface area contributed by atoms with Gasteiger partial charge >= 0.3 is 6.18 Å². The van der Waals surface area contributed by atoms with Crippen LogP contribution in [0.4, 0.5) is 13.2 Å². The first-order valence-electron chi connectivity index (χ1n) is 9.77. The lowest BCUT2D eigenvalue weighted by atomic mass is 9.97. The fourth-order valence-electron chi connectivity index (χ4n) is 3.82. The second-order valence-corrected chi connectivity index (χ2v) is 7.62. The van der Waals surface area contributed by atoms with E-state index in [2.05, 4.69) is 20.5 Å². The minimum absolute atomic E-state index is 0.0204. The Labute approximate surface area is 171 Å². The number of halogens is 3. The van der Waals surface area contributed by atoms with Crippen LogP contribution >= 0.6 is 0 Å². The molecule has 1 N–H and O–H groups in total. The third-order valence-electron chi connectivity index (χ3n) is 5.33. The zero-order valence-electron chi connectivity index (χ0n) is 16.2. The monoisotopic (exact) mass is 418 g/mol. The van der Waals surface area contributed by atoms with Crippen LogP contribution in [-0.2, 0) is 12.7 Å². The van der Waals surface area contributed by atoms with Crippen LogP contribution in [-0.4, -0.2) is 40.8 Å². The smallest absolute Gasteiger partial charge is 0.352 e. The van der Waals surface area contributed by atoms with Gasteiger partial charge in [0.1, 0.15) is 11.0 Å². The van der Waals surface area contributed by atoms with Crippen molar-refractivity contribution in [2.75, 3.05) is 19.6 Å². The molecule has 4 rings (SSSR count). The van der Waals surface area contributed by atoms with Gasteiger partial charge in [0.25, 0.3) is 5.91 Å². The first kappa shape index (κ1) is 20.3. The molecular formula is C21H21F3N4O2. The number of nitrogens with one attached hydrogen (secondary N) is 1. The molecule has 0 unspecified atom stereocenters. The molecule has 1 fully saturated rings. The van der Waals surface area contributed by atoms with Crippen molar-refractivity contribution in [1.82, 2.24) is 20.5 Å². The molecule has 158 valence electrons. The third-order valence-corrected chi connectivity index (χ3v) is 5.33. The zero-order valence-corrected chi connectivity index (χ0v) is 16.2. The molecule has 0 aliphatic carbocycles. The van der Waals surface area contributed by atoms with Crippen LogP contribution in [0, 0.1) is 5.92 Å². The molecule has 1 aliphatic rings. The van der Waals surface area contributed by atoms with E-state index in [1.165, 1.54) is 12.1 Å². The van der Waals surface area contributed by atoms with Crippen molar-refractivity contribution in [2.45, 2.75) is 25.6 Å². The number of fused-ring (bicyclic) bond motifs is 1. The standard InChI is InChI=1S/C21H21F3N4O2/c22-21(23,24)17-5-1-4-16(10-17)20(29)25-11-15-3-2-8-28(13-15)12-14-6-7-18-19(9-14)27-30-26-18/h1,4-7,9-10,15H,2-3,8,11-13H2,(H,25,29)/t15-/m0/s1. The Bertz CT molecular complexity index is 1030. The lowest BCUT2D eigenvalue weighted by Crippen LogP contribution is -2.40. The molecule has 1 aliphatic heterocycles. The van der Waals surface area contributed by atoms with Gasteiger partial charge in [-0.2, -0.15) is 13.2 Å². The summed E-state index contributed by atoms with van der Waals surface area (Å²) in [5.41, 5.74) is 1.74. The topological polar surface area (TPSA) is 71.3 Å². The van der Waals surface area contributed by atoms with Crippen molar-refractivity contribution in [3.05, 3.63) is 59.2 Å². The second-order valence-electron chi connectivity index (χ2n) is 7.62. The number of amides is 1. The van der Waals surface area contributed by atoms with E-state index in [1.807, 2.05) is 18.2 Å². The van der Waals surface area contributed by atoms with E-state index >= 15 is 0 Å². The summed E-state index contributed by atoms with van der Waals surface area (Å²) in [6.45, 7) is 2.93. The van der Waals surface area contributed by atoms with Gasteiger partial charge in [0.05, 0.1) is 5.56 Å². The van der Waals surface area contributed by atoms with Crippen LogP contribution in [0.5, 0.6) is 0 Å².